The van der Waals surface area contributed by atoms with Crippen LogP contribution in [0.5, 0.6) is 0 Å². The highest BCUT2D eigenvalue weighted by Crippen LogP contribution is 2.21. The van der Waals surface area contributed by atoms with Crippen molar-refractivity contribution >= 4 is 11.0 Å². The fraction of sp³-hybridized carbons (Fsp3) is 0.364. The second kappa shape index (κ2) is 3.62. The third-order valence-electron chi connectivity index (χ3n) is 2.52. The molecule has 1 aromatic carbocycles. The number of nitrogens with zero attached hydrogens (tertiary/aromatic N) is 1. The number of aromatic nitrogens is 2. The first kappa shape index (κ1) is 10.1. The van der Waals surface area contributed by atoms with E-state index in [9.17, 15) is 4.39 Å². The summed E-state index contributed by atoms with van der Waals surface area (Å²) in [6.45, 7) is 4.02. The van der Waals surface area contributed by atoms with Crippen molar-refractivity contribution in [2.75, 3.05) is 0 Å². The highest BCUT2D eigenvalue weighted by Gasteiger charge is 2.15. The van der Waals surface area contributed by atoms with Crippen LogP contribution in [-0.4, -0.2) is 9.97 Å². The van der Waals surface area contributed by atoms with Crippen LogP contribution in [0, 0.1) is 11.7 Å². The van der Waals surface area contributed by atoms with Gasteiger partial charge in [0.2, 0.25) is 0 Å². The van der Waals surface area contributed by atoms with Gasteiger partial charge >= 0.3 is 0 Å². The van der Waals surface area contributed by atoms with Gasteiger partial charge in [-0.3, -0.25) is 0 Å². The molecule has 1 heterocycles. The van der Waals surface area contributed by atoms with Gasteiger partial charge in [0.1, 0.15) is 11.3 Å². The molecular weight excluding hydrogens is 193 g/mol. The van der Waals surface area contributed by atoms with Crippen molar-refractivity contribution in [1.29, 1.82) is 0 Å². The molecule has 0 amide bonds. The van der Waals surface area contributed by atoms with Gasteiger partial charge in [0.25, 0.3) is 0 Å². The number of nitrogens with one attached hydrogen (secondary N) is 1. The number of hydrogen-bond acceptors (Lipinski definition) is 2. The molecule has 2 aromatic rings. The molecule has 80 valence electrons. The topological polar surface area (TPSA) is 54.7 Å². The molecule has 0 aliphatic heterocycles. The van der Waals surface area contributed by atoms with Gasteiger partial charge in [-0.15, -0.1) is 0 Å². The van der Waals surface area contributed by atoms with Crippen molar-refractivity contribution in [2.45, 2.75) is 19.9 Å². The Kier molecular flexibility index (Phi) is 2.44. The predicted octanol–water partition coefficient (Wildman–Crippen LogP) is 2.36. The number of hydrogen-bond donors (Lipinski definition) is 2. The lowest BCUT2D eigenvalue weighted by atomic mass is 10.1. The molecule has 0 fully saturated rings. The van der Waals surface area contributed by atoms with Crippen LogP contribution < -0.4 is 5.73 Å². The normalized spacial score (nSPS) is 13.7. The maximum atomic E-state index is 13.3. The van der Waals surface area contributed by atoms with Crippen LogP contribution in [0.25, 0.3) is 11.0 Å². The molecule has 1 atom stereocenters. The van der Waals surface area contributed by atoms with Crippen LogP contribution >= 0.6 is 0 Å². The summed E-state index contributed by atoms with van der Waals surface area (Å²) in [5, 5.41) is 0. The SMILES string of the molecule is CC(C)C(N)c1nc2c(F)cccc2[nH]1. The number of para-hydroxylation sites is 1. The molecule has 3 N–H and O–H groups in total. The first-order valence-electron chi connectivity index (χ1n) is 4.99. The summed E-state index contributed by atoms with van der Waals surface area (Å²) >= 11 is 0. The summed E-state index contributed by atoms with van der Waals surface area (Å²) in [6, 6.07) is 4.66. The zero-order valence-corrected chi connectivity index (χ0v) is 8.79. The Balaban J connectivity index is 2.52. The Morgan fingerprint density at radius 2 is 2.13 bits per heavy atom. The number of imidazole rings is 1. The summed E-state index contributed by atoms with van der Waals surface area (Å²) in [7, 11) is 0. The third-order valence-corrected chi connectivity index (χ3v) is 2.52. The largest absolute Gasteiger partial charge is 0.341 e. The molecule has 1 aromatic heterocycles. The van der Waals surface area contributed by atoms with E-state index in [0.717, 1.165) is 0 Å². The van der Waals surface area contributed by atoms with Crippen LogP contribution in [0.2, 0.25) is 0 Å². The third kappa shape index (κ3) is 1.72. The van der Waals surface area contributed by atoms with Gasteiger partial charge in [-0.05, 0) is 18.1 Å². The minimum absolute atomic E-state index is 0.184. The zero-order chi connectivity index (χ0) is 11.0. The standard InChI is InChI=1S/C11H14FN3/c1-6(2)9(13)11-14-8-5-3-4-7(12)10(8)15-11/h3-6,9H,13H2,1-2H3,(H,14,15). The molecule has 0 radical (unpaired) electrons. The number of benzene rings is 1. The second-order valence-corrected chi connectivity index (χ2v) is 4.03. The second-order valence-electron chi connectivity index (χ2n) is 4.03. The molecule has 1 unspecified atom stereocenters. The van der Waals surface area contributed by atoms with Gasteiger partial charge in [0, 0.05) is 0 Å². The number of rotatable bonds is 2. The van der Waals surface area contributed by atoms with Crippen LogP contribution in [0.15, 0.2) is 18.2 Å². The zero-order valence-electron chi connectivity index (χ0n) is 8.79. The van der Waals surface area contributed by atoms with Gasteiger partial charge < -0.3 is 10.7 Å². The van der Waals surface area contributed by atoms with Crippen molar-refractivity contribution in [2.24, 2.45) is 11.7 Å². The Morgan fingerprint density at radius 3 is 2.73 bits per heavy atom. The van der Waals surface area contributed by atoms with Crippen molar-refractivity contribution in [1.82, 2.24) is 9.97 Å². The van der Waals surface area contributed by atoms with E-state index < -0.39 is 0 Å². The summed E-state index contributed by atoms with van der Waals surface area (Å²) in [6.07, 6.45) is 0. The van der Waals surface area contributed by atoms with E-state index in [1.807, 2.05) is 13.8 Å². The first-order valence-corrected chi connectivity index (χ1v) is 4.99. The van der Waals surface area contributed by atoms with E-state index in [1.54, 1.807) is 12.1 Å². The summed E-state index contributed by atoms with van der Waals surface area (Å²) in [5.74, 6) is 0.602. The molecule has 0 aliphatic rings. The van der Waals surface area contributed by atoms with Crippen LogP contribution in [0.1, 0.15) is 25.7 Å². The molecule has 3 nitrogen and oxygen atoms in total. The summed E-state index contributed by atoms with van der Waals surface area (Å²) in [5.41, 5.74) is 7.00. The molecule has 4 heteroatoms. The quantitative estimate of drug-likeness (QED) is 0.794. The van der Waals surface area contributed by atoms with Gasteiger partial charge in [-0.1, -0.05) is 19.9 Å². The monoisotopic (exact) mass is 207 g/mol. The van der Waals surface area contributed by atoms with E-state index in [4.69, 9.17) is 5.73 Å². The smallest absolute Gasteiger partial charge is 0.151 e. The van der Waals surface area contributed by atoms with E-state index >= 15 is 0 Å². The Labute approximate surface area is 87.5 Å². The van der Waals surface area contributed by atoms with Gasteiger partial charge in [-0.2, -0.15) is 0 Å². The number of fused-ring (bicyclic) bond motifs is 1. The lowest BCUT2D eigenvalue weighted by Gasteiger charge is -2.11. The van der Waals surface area contributed by atoms with E-state index in [1.165, 1.54) is 6.07 Å². The lowest BCUT2D eigenvalue weighted by molar-refractivity contribution is 0.495. The van der Waals surface area contributed by atoms with Crippen LogP contribution in [0.3, 0.4) is 0 Å². The van der Waals surface area contributed by atoms with Crippen molar-refractivity contribution < 1.29 is 4.39 Å². The summed E-state index contributed by atoms with van der Waals surface area (Å²) < 4.78 is 13.3. The summed E-state index contributed by atoms with van der Waals surface area (Å²) in [4.78, 5) is 7.22. The van der Waals surface area contributed by atoms with E-state index in [2.05, 4.69) is 9.97 Å². The number of nitrogens with two attached hydrogens (primary N) is 1. The van der Waals surface area contributed by atoms with Gasteiger partial charge in [0.15, 0.2) is 5.82 Å². The molecule has 2 rings (SSSR count). The molecular formula is C11H14FN3. The highest BCUT2D eigenvalue weighted by molar-refractivity contribution is 5.75. The van der Waals surface area contributed by atoms with Crippen molar-refractivity contribution in [3.63, 3.8) is 0 Å². The van der Waals surface area contributed by atoms with Crippen LogP contribution in [-0.2, 0) is 0 Å². The van der Waals surface area contributed by atoms with Crippen molar-refractivity contribution in [3.8, 4) is 0 Å². The van der Waals surface area contributed by atoms with E-state index in [0.29, 0.717) is 16.9 Å². The van der Waals surface area contributed by atoms with Crippen LogP contribution in [0.4, 0.5) is 4.39 Å². The number of aromatic amines is 1. The molecule has 0 saturated carbocycles. The molecule has 0 saturated heterocycles. The average molecular weight is 207 g/mol. The fourth-order valence-corrected chi connectivity index (χ4v) is 1.49. The Bertz CT molecular complexity index is 476. The minimum atomic E-state index is -0.314. The maximum Gasteiger partial charge on any atom is 0.151 e. The Morgan fingerprint density at radius 1 is 1.40 bits per heavy atom. The molecule has 0 aliphatic carbocycles. The number of H-pyrrole nitrogens is 1. The van der Waals surface area contributed by atoms with Crippen molar-refractivity contribution in [3.05, 3.63) is 29.8 Å². The number of halogens is 1. The molecule has 0 bridgehead atoms. The minimum Gasteiger partial charge on any atom is -0.341 e. The maximum absolute atomic E-state index is 13.3. The highest BCUT2D eigenvalue weighted by atomic mass is 19.1. The molecule has 15 heavy (non-hydrogen) atoms. The Hall–Kier alpha value is -1.42. The van der Waals surface area contributed by atoms with E-state index in [-0.39, 0.29) is 17.8 Å². The van der Waals surface area contributed by atoms with Gasteiger partial charge in [-0.25, -0.2) is 9.37 Å². The van der Waals surface area contributed by atoms with Gasteiger partial charge in [0.05, 0.1) is 11.6 Å². The molecule has 0 spiro atoms. The fourth-order valence-electron chi connectivity index (χ4n) is 1.49. The predicted molar refractivity (Wildman–Crippen MR) is 57.8 cm³/mol. The lowest BCUT2D eigenvalue weighted by Crippen LogP contribution is -2.18. The average Bonchev–Trinajstić information content (AvgIpc) is 2.61. The first-order chi connectivity index (χ1) is 7.09.